The van der Waals surface area contributed by atoms with Crippen LogP contribution in [-0.4, -0.2) is 20.3 Å². The molecule has 108 valence electrons. The number of hydrogen-bond acceptors (Lipinski definition) is 4. The first-order valence-electron chi connectivity index (χ1n) is 6.62. The molecule has 1 aliphatic carbocycles. The third-order valence-electron chi connectivity index (χ3n) is 3.89. The van der Waals surface area contributed by atoms with Gasteiger partial charge in [-0.15, -0.1) is 0 Å². The molecule has 0 aromatic heterocycles. The fraction of sp³-hybridized carbons (Fsp3) is 0.533. The molecule has 0 atom stereocenters. The Balaban J connectivity index is 2.60. The lowest BCUT2D eigenvalue weighted by Crippen LogP contribution is -2.21. The fourth-order valence-electron chi connectivity index (χ4n) is 2.97. The SMILES string of the molecule is COCc1c(F)ccc(C2(N=C=O)CCCC2)c1OC. The number of isocyanates is 1. The lowest BCUT2D eigenvalue weighted by Gasteiger charge is -2.26. The van der Waals surface area contributed by atoms with E-state index in [2.05, 4.69) is 4.99 Å². The van der Waals surface area contributed by atoms with Crippen molar-refractivity contribution < 1.29 is 18.7 Å². The molecule has 0 radical (unpaired) electrons. The van der Waals surface area contributed by atoms with Crippen LogP contribution in [0.1, 0.15) is 36.8 Å². The molecule has 0 heterocycles. The Morgan fingerprint density at radius 1 is 1.35 bits per heavy atom. The molecule has 4 nitrogen and oxygen atoms in total. The number of methoxy groups -OCH3 is 2. The number of nitrogens with zero attached hydrogens (tertiary/aromatic N) is 1. The molecule has 1 aromatic carbocycles. The first kappa shape index (κ1) is 14.7. The zero-order chi connectivity index (χ0) is 14.6. The van der Waals surface area contributed by atoms with Gasteiger partial charge in [0.25, 0.3) is 0 Å². The van der Waals surface area contributed by atoms with E-state index in [-0.39, 0.29) is 12.4 Å². The number of aliphatic imine (C=N–C) groups is 1. The van der Waals surface area contributed by atoms with Gasteiger partial charge in [0, 0.05) is 12.7 Å². The van der Waals surface area contributed by atoms with Crippen LogP contribution in [-0.2, 0) is 21.7 Å². The highest BCUT2D eigenvalue weighted by Gasteiger charge is 2.39. The normalized spacial score (nSPS) is 16.8. The molecule has 0 spiro atoms. The Labute approximate surface area is 117 Å². The second-order valence-corrected chi connectivity index (χ2v) is 4.98. The topological polar surface area (TPSA) is 47.9 Å². The molecule has 0 amide bonds. The predicted molar refractivity (Wildman–Crippen MR) is 71.9 cm³/mol. The van der Waals surface area contributed by atoms with E-state index in [1.807, 2.05) is 0 Å². The molecule has 2 rings (SSSR count). The Morgan fingerprint density at radius 2 is 2.05 bits per heavy atom. The minimum atomic E-state index is -0.636. The van der Waals surface area contributed by atoms with Crippen LogP contribution in [0.15, 0.2) is 17.1 Å². The van der Waals surface area contributed by atoms with Gasteiger partial charge in [-0.3, -0.25) is 0 Å². The molecule has 1 aliphatic rings. The zero-order valence-corrected chi connectivity index (χ0v) is 11.7. The van der Waals surface area contributed by atoms with Crippen LogP contribution in [0.5, 0.6) is 5.75 Å². The maximum absolute atomic E-state index is 13.9. The smallest absolute Gasteiger partial charge is 0.235 e. The third-order valence-corrected chi connectivity index (χ3v) is 3.89. The van der Waals surface area contributed by atoms with Crippen LogP contribution in [0.25, 0.3) is 0 Å². The zero-order valence-electron chi connectivity index (χ0n) is 11.7. The highest BCUT2D eigenvalue weighted by Crippen LogP contribution is 2.47. The Morgan fingerprint density at radius 3 is 2.60 bits per heavy atom. The van der Waals surface area contributed by atoms with Gasteiger partial charge in [-0.2, -0.15) is 4.99 Å². The predicted octanol–water partition coefficient (Wildman–Crippen LogP) is 3.09. The summed E-state index contributed by atoms with van der Waals surface area (Å²) < 4.78 is 24.4. The van der Waals surface area contributed by atoms with Crippen LogP contribution in [0, 0.1) is 5.82 Å². The van der Waals surface area contributed by atoms with E-state index >= 15 is 0 Å². The van der Waals surface area contributed by atoms with E-state index in [4.69, 9.17) is 9.47 Å². The quantitative estimate of drug-likeness (QED) is 0.614. The average Bonchev–Trinajstić information content (AvgIpc) is 2.91. The molecule has 1 saturated carbocycles. The summed E-state index contributed by atoms with van der Waals surface area (Å²) in [5, 5.41) is 0. The fourth-order valence-corrected chi connectivity index (χ4v) is 2.97. The molecule has 1 aromatic rings. The maximum Gasteiger partial charge on any atom is 0.235 e. The van der Waals surface area contributed by atoms with Crippen LogP contribution in [0.2, 0.25) is 0 Å². The van der Waals surface area contributed by atoms with Crippen LogP contribution in [0.4, 0.5) is 4.39 Å². The van der Waals surface area contributed by atoms with Crippen molar-refractivity contribution in [3.05, 3.63) is 29.1 Å². The molecule has 0 saturated heterocycles. The van der Waals surface area contributed by atoms with Crippen LogP contribution in [0.3, 0.4) is 0 Å². The van der Waals surface area contributed by atoms with Gasteiger partial charge in [0.2, 0.25) is 6.08 Å². The van der Waals surface area contributed by atoms with E-state index < -0.39 is 5.54 Å². The van der Waals surface area contributed by atoms with Crippen molar-refractivity contribution in [2.75, 3.05) is 14.2 Å². The summed E-state index contributed by atoms with van der Waals surface area (Å²) in [5.74, 6) is 0.0448. The van der Waals surface area contributed by atoms with E-state index in [9.17, 15) is 9.18 Å². The van der Waals surface area contributed by atoms with Gasteiger partial charge in [-0.25, -0.2) is 9.18 Å². The molecule has 20 heavy (non-hydrogen) atoms. The third kappa shape index (κ3) is 2.47. The lowest BCUT2D eigenvalue weighted by molar-refractivity contribution is 0.177. The average molecular weight is 279 g/mol. The summed E-state index contributed by atoms with van der Waals surface area (Å²) in [4.78, 5) is 14.8. The summed E-state index contributed by atoms with van der Waals surface area (Å²) in [6, 6.07) is 3.03. The van der Waals surface area contributed by atoms with Crippen LogP contribution >= 0.6 is 0 Å². The standard InChI is InChI=1S/C15H18FNO3/c1-19-9-11-13(16)6-5-12(14(11)20-2)15(17-10-18)7-3-4-8-15/h5-6H,3-4,7-9H2,1-2H3. The largest absolute Gasteiger partial charge is 0.496 e. The first-order valence-corrected chi connectivity index (χ1v) is 6.62. The second kappa shape index (κ2) is 6.16. The molecule has 5 heteroatoms. The van der Waals surface area contributed by atoms with Gasteiger partial charge in [0.1, 0.15) is 17.1 Å². The number of hydrogen-bond donors (Lipinski definition) is 0. The number of benzene rings is 1. The second-order valence-electron chi connectivity index (χ2n) is 4.98. The van der Waals surface area contributed by atoms with E-state index in [0.717, 1.165) is 31.2 Å². The molecule has 0 N–H and O–H groups in total. The highest BCUT2D eigenvalue weighted by atomic mass is 19.1. The molecule has 1 fully saturated rings. The van der Waals surface area contributed by atoms with Gasteiger partial charge >= 0.3 is 0 Å². The van der Waals surface area contributed by atoms with Gasteiger partial charge < -0.3 is 9.47 Å². The minimum Gasteiger partial charge on any atom is -0.496 e. The van der Waals surface area contributed by atoms with Gasteiger partial charge in [0.05, 0.1) is 19.3 Å². The van der Waals surface area contributed by atoms with Crippen molar-refractivity contribution in [1.82, 2.24) is 0 Å². The van der Waals surface area contributed by atoms with Crippen molar-refractivity contribution in [2.45, 2.75) is 37.8 Å². The number of halogens is 1. The van der Waals surface area contributed by atoms with Crippen molar-refractivity contribution in [3.63, 3.8) is 0 Å². The highest BCUT2D eigenvalue weighted by molar-refractivity contribution is 5.49. The van der Waals surface area contributed by atoms with Crippen LogP contribution < -0.4 is 4.74 Å². The first-order chi connectivity index (χ1) is 9.68. The summed E-state index contributed by atoms with van der Waals surface area (Å²) in [5.41, 5.74) is 0.470. The Hall–Kier alpha value is -1.71. The van der Waals surface area contributed by atoms with Crippen molar-refractivity contribution in [2.24, 2.45) is 4.99 Å². The maximum atomic E-state index is 13.9. The van der Waals surface area contributed by atoms with E-state index in [1.165, 1.54) is 20.3 Å². The Bertz CT molecular complexity index is 532. The lowest BCUT2D eigenvalue weighted by atomic mass is 9.86. The molecule has 0 unspecified atom stereocenters. The number of rotatable bonds is 5. The molecule has 0 aliphatic heterocycles. The van der Waals surface area contributed by atoms with Gasteiger partial charge in [-0.05, 0) is 25.0 Å². The van der Waals surface area contributed by atoms with E-state index in [0.29, 0.717) is 11.3 Å². The van der Waals surface area contributed by atoms with Crippen molar-refractivity contribution in [3.8, 4) is 5.75 Å². The number of ether oxygens (including phenoxy) is 2. The monoisotopic (exact) mass is 279 g/mol. The summed E-state index contributed by atoms with van der Waals surface area (Å²) in [7, 11) is 2.99. The number of carbonyl (C=O) groups excluding carboxylic acids is 1. The minimum absolute atomic E-state index is 0.115. The summed E-state index contributed by atoms with van der Waals surface area (Å²) >= 11 is 0. The molecule has 0 bridgehead atoms. The summed E-state index contributed by atoms with van der Waals surface area (Å²) in [6.07, 6.45) is 5.11. The van der Waals surface area contributed by atoms with Gasteiger partial charge in [-0.1, -0.05) is 12.8 Å². The summed E-state index contributed by atoms with van der Waals surface area (Å²) in [6.45, 7) is 0.115. The molecular formula is C15H18FNO3. The van der Waals surface area contributed by atoms with Gasteiger partial charge in [0.15, 0.2) is 0 Å². The van der Waals surface area contributed by atoms with Crippen molar-refractivity contribution >= 4 is 6.08 Å². The molecular weight excluding hydrogens is 261 g/mol. The Kier molecular flexibility index (Phi) is 4.53. The van der Waals surface area contributed by atoms with Crippen molar-refractivity contribution in [1.29, 1.82) is 0 Å². The van der Waals surface area contributed by atoms with E-state index in [1.54, 1.807) is 12.1 Å².